The lowest BCUT2D eigenvalue weighted by molar-refractivity contribution is 0.174. The standard InChI is InChI=1S/C28H26N4O3S/c1-17-13-22(18(2)31(17)19-7-6-8-21(14-19)33-3)27-26(23-9-4-5-12-29-23)30-28(36)32(27)20-10-11-24-25(15-20)35-16-34-24/h4-15,26-27H,16H2,1-3H3,(H,30,36)/t26-,27-/m0/s1. The van der Waals surface area contributed by atoms with E-state index in [1.165, 1.54) is 0 Å². The number of thiocarbonyl (C=S) groups is 1. The van der Waals surface area contributed by atoms with Gasteiger partial charge in [-0.25, -0.2) is 0 Å². The van der Waals surface area contributed by atoms with Crippen molar-refractivity contribution in [3.63, 3.8) is 0 Å². The Morgan fingerprint density at radius 3 is 2.64 bits per heavy atom. The van der Waals surface area contributed by atoms with Gasteiger partial charge in [-0.3, -0.25) is 4.98 Å². The van der Waals surface area contributed by atoms with E-state index in [0.717, 1.165) is 51.3 Å². The molecule has 2 aromatic carbocycles. The van der Waals surface area contributed by atoms with Crippen LogP contribution >= 0.6 is 12.2 Å². The number of fused-ring (bicyclic) bond motifs is 1. The van der Waals surface area contributed by atoms with E-state index in [2.05, 4.69) is 45.7 Å². The number of benzene rings is 2. The van der Waals surface area contributed by atoms with Gasteiger partial charge in [0.25, 0.3) is 0 Å². The summed E-state index contributed by atoms with van der Waals surface area (Å²) in [6.45, 7) is 4.50. The number of nitrogens with zero attached hydrogens (tertiary/aromatic N) is 3. The second-order valence-electron chi connectivity index (χ2n) is 8.90. The van der Waals surface area contributed by atoms with Gasteiger partial charge >= 0.3 is 0 Å². The van der Waals surface area contributed by atoms with Gasteiger partial charge in [0.1, 0.15) is 5.75 Å². The third-order valence-corrected chi connectivity index (χ3v) is 7.15. The molecule has 1 fully saturated rings. The minimum Gasteiger partial charge on any atom is -0.497 e. The summed E-state index contributed by atoms with van der Waals surface area (Å²) in [4.78, 5) is 6.84. The number of nitrogens with one attached hydrogen (secondary N) is 1. The first kappa shape index (κ1) is 22.4. The molecule has 0 radical (unpaired) electrons. The number of pyridine rings is 1. The minimum atomic E-state index is -0.136. The molecule has 0 bridgehead atoms. The maximum Gasteiger partial charge on any atom is 0.231 e. The quantitative estimate of drug-likeness (QED) is 0.370. The van der Waals surface area contributed by atoms with Gasteiger partial charge in [-0.2, -0.15) is 0 Å². The molecule has 36 heavy (non-hydrogen) atoms. The molecule has 2 aliphatic heterocycles. The highest BCUT2D eigenvalue weighted by Gasteiger charge is 2.42. The Morgan fingerprint density at radius 2 is 1.83 bits per heavy atom. The van der Waals surface area contributed by atoms with Gasteiger partial charge in [0.05, 0.1) is 24.9 Å². The largest absolute Gasteiger partial charge is 0.497 e. The Labute approximate surface area is 215 Å². The fourth-order valence-corrected chi connectivity index (χ4v) is 5.56. The van der Waals surface area contributed by atoms with Crippen molar-refractivity contribution in [1.82, 2.24) is 14.9 Å². The lowest BCUT2D eigenvalue weighted by atomic mass is 9.96. The number of aromatic nitrogens is 2. The number of hydrogen-bond acceptors (Lipinski definition) is 5. The van der Waals surface area contributed by atoms with Crippen LogP contribution in [0.4, 0.5) is 5.69 Å². The van der Waals surface area contributed by atoms with Crippen LogP contribution in [0.5, 0.6) is 17.2 Å². The first-order chi connectivity index (χ1) is 17.5. The van der Waals surface area contributed by atoms with E-state index in [1.54, 1.807) is 7.11 Å². The van der Waals surface area contributed by atoms with Crippen molar-refractivity contribution in [2.45, 2.75) is 25.9 Å². The van der Waals surface area contributed by atoms with Crippen LogP contribution in [0, 0.1) is 13.8 Å². The van der Waals surface area contributed by atoms with Crippen LogP contribution in [-0.2, 0) is 0 Å². The second kappa shape index (κ2) is 8.87. The molecule has 1 N–H and O–H groups in total. The molecule has 0 amide bonds. The molecule has 0 spiro atoms. The molecular formula is C28H26N4O3S. The van der Waals surface area contributed by atoms with Gasteiger partial charge < -0.3 is 29.0 Å². The zero-order valence-electron chi connectivity index (χ0n) is 20.3. The average molecular weight is 499 g/mol. The number of aryl methyl sites for hydroxylation is 1. The van der Waals surface area contributed by atoms with Crippen molar-refractivity contribution in [3.05, 3.63) is 95.6 Å². The van der Waals surface area contributed by atoms with Gasteiger partial charge in [0, 0.05) is 41.1 Å². The lowest BCUT2D eigenvalue weighted by Gasteiger charge is -2.28. The fraction of sp³-hybridized carbons (Fsp3) is 0.214. The highest BCUT2D eigenvalue weighted by Crippen LogP contribution is 2.46. The fourth-order valence-electron chi connectivity index (χ4n) is 5.22. The maximum absolute atomic E-state index is 5.91. The summed E-state index contributed by atoms with van der Waals surface area (Å²) >= 11 is 5.91. The molecule has 6 rings (SSSR count). The van der Waals surface area contributed by atoms with Crippen LogP contribution in [0.15, 0.2) is 72.9 Å². The monoisotopic (exact) mass is 498 g/mol. The molecule has 0 aliphatic carbocycles. The van der Waals surface area contributed by atoms with Gasteiger partial charge in [0.15, 0.2) is 16.6 Å². The van der Waals surface area contributed by atoms with Crippen molar-refractivity contribution in [1.29, 1.82) is 0 Å². The Morgan fingerprint density at radius 1 is 0.972 bits per heavy atom. The van der Waals surface area contributed by atoms with Crippen molar-refractivity contribution in [2.75, 3.05) is 18.8 Å². The van der Waals surface area contributed by atoms with E-state index in [4.69, 9.17) is 26.4 Å². The Balaban J connectivity index is 1.50. The van der Waals surface area contributed by atoms with Crippen LogP contribution in [0.3, 0.4) is 0 Å². The van der Waals surface area contributed by atoms with Crippen LogP contribution in [0.1, 0.15) is 34.7 Å². The third kappa shape index (κ3) is 3.65. The highest BCUT2D eigenvalue weighted by molar-refractivity contribution is 7.80. The SMILES string of the molecule is COc1cccc(-n2c(C)cc([C@H]3[C@H](c4ccccn4)NC(=S)N3c3ccc4c(c3)OCO4)c2C)c1. The normalized spacial score (nSPS) is 18.4. The number of methoxy groups -OCH3 is 1. The summed E-state index contributed by atoms with van der Waals surface area (Å²) in [6.07, 6.45) is 1.82. The summed E-state index contributed by atoms with van der Waals surface area (Å²) in [5.41, 5.74) is 6.33. The first-order valence-electron chi connectivity index (χ1n) is 11.8. The van der Waals surface area contributed by atoms with Crippen molar-refractivity contribution < 1.29 is 14.2 Å². The molecule has 8 heteroatoms. The smallest absolute Gasteiger partial charge is 0.231 e. The zero-order valence-corrected chi connectivity index (χ0v) is 21.1. The van der Waals surface area contributed by atoms with Crippen LogP contribution in [0.25, 0.3) is 5.69 Å². The highest BCUT2D eigenvalue weighted by atomic mass is 32.1. The molecule has 2 aliphatic rings. The Bertz CT molecular complexity index is 1450. The number of anilines is 1. The van der Waals surface area contributed by atoms with Crippen LogP contribution in [0.2, 0.25) is 0 Å². The molecule has 4 heterocycles. The zero-order chi connectivity index (χ0) is 24.8. The molecule has 0 unspecified atom stereocenters. The van der Waals surface area contributed by atoms with Crippen LogP contribution in [-0.4, -0.2) is 28.6 Å². The molecule has 0 saturated carbocycles. The molecule has 182 valence electrons. The summed E-state index contributed by atoms with van der Waals surface area (Å²) in [5.74, 6) is 2.28. The van der Waals surface area contributed by atoms with E-state index in [0.29, 0.717) is 5.11 Å². The summed E-state index contributed by atoms with van der Waals surface area (Å²) in [6, 6.07) is 22.0. The van der Waals surface area contributed by atoms with Crippen molar-refractivity contribution in [2.24, 2.45) is 0 Å². The topological polar surface area (TPSA) is 60.8 Å². The van der Waals surface area contributed by atoms with Crippen LogP contribution < -0.4 is 24.4 Å². The number of hydrogen-bond donors (Lipinski definition) is 1. The predicted molar refractivity (Wildman–Crippen MR) is 142 cm³/mol. The van der Waals surface area contributed by atoms with Gasteiger partial charge in [-0.15, -0.1) is 0 Å². The average Bonchev–Trinajstić information content (AvgIpc) is 3.59. The van der Waals surface area contributed by atoms with Gasteiger partial charge in [-0.1, -0.05) is 12.1 Å². The first-order valence-corrected chi connectivity index (χ1v) is 12.2. The van der Waals surface area contributed by atoms with Gasteiger partial charge in [-0.05, 0) is 74.1 Å². The minimum absolute atomic E-state index is 0.127. The Hall–Kier alpha value is -4.04. The van der Waals surface area contributed by atoms with E-state index < -0.39 is 0 Å². The van der Waals surface area contributed by atoms with Crippen molar-refractivity contribution in [3.8, 4) is 22.9 Å². The predicted octanol–water partition coefficient (Wildman–Crippen LogP) is 5.40. The summed E-state index contributed by atoms with van der Waals surface area (Å²) in [7, 11) is 1.69. The van der Waals surface area contributed by atoms with E-state index >= 15 is 0 Å². The number of rotatable bonds is 5. The Kier molecular flexibility index (Phi) is 5.53. The van der Waals surface area contributed by atoms with E-state index in [1.807, 2.05) is 60.8 Å². The molecular weight excluding hydrogens is 472 g/mol. The summed E-state index contributed by atoms with van der Waals surface area (Å²) in [5, 5.41) is 4.18. The van der Waals surface area contributed by atoms with Crippen molar-refractivity contribution >= 4 is 23.0 Å². The second-order valence-corrected chi connectivity index (χ2v) is 9.28. The molecule has 1 saturated heterocycles. The molecule has 2 aromatic heterocycles. The van der Waals surface area contributed by atoms with E-state index in [9.17, 15) is 0 Å². The molecule has 7 nitrogen and oxygen atoms in total. The molecule has 2 atom stereocenters. The molecule has 4 aromatic rings. The number of ether oxygens (including phenoxy) is 3. The third-order valence-electron chi connectivity index (χ3n) is 6.83. The van der Waals surface area contributed by atoms with Gasteiger partial charge in [0.2, 0.25) is 6.79 Å². The maximum atomic E-state index is 5.91. The summed E-state index contributed by atoms with van der Waals surface area (Å²) < 4.78 is 19.0. The van der Waals surface area contributed by atoms with E-state index in [-0.39, 0.29) is 18.9 Å². The lowest BCUT2D eigenvalue weighted by Crippen LogP contribution is -2.29.